The number of nitrogens with zero attached hydrogens (tertiary/aromatic N) is 5. The number of hydrogen-bond donors (Lipinski definition) is 1. The Labute approximate surface area is 268 Å². The van der Waals surface area contributed by atoms with Crippen LogP contribution in [0.1, 0.15) is 75.2 Å². The van der Waals surface area contributed by atoms with Gasteiger partial charge in [0, 0.05) is 69.5 Å². The van der Waals surface area contributed by atoms with Gasteiger partial charge in [-0.15, -0.1) is 0 Å². The molecular formula is C33H50N6O5S. The molecule has 2 aliphatic heterocycles. The SMILES string of the molecule is CCOC(=O)CN1CCN(S(=O)(=O)c2ccc(-n3nc(C)c(CN4CCC(NC(=O)CC5CCCCC5)CC4)c3C)cc2)CC1. The van der Waals surface area contributed by atoms with Gasteiger partial charge in [0.15, 0.2) is 0 Å². The third kappa shape index (κ3) is 8.52. The lowest BCUT2D eigenvalue weighted by Crippen LogP contribution is -2.49. The van der Waals surface area contributed by atoms with Crippen LogP contribution in [-0.2, 0) is 30.9 Å². The number of aromatic nitrogens is 2. The van der Waals surface area contributed by atoms with Gasteiger partial charge in [0.2, 0.25) is 15.9 Å². The zero-order chi connectivity index (χ0) is 32.0. The van der Waals surface area contributed by atoms with Crippen molar-refractivity contribution >= 4 is 21.9 Å². The first-order valence-electron chi connectivity index (χ1n) is 16.7. The van der Waals surface area contributed by atoms with E-state index in [0.717, 1.165) is 49.6 Å². The number of likely N-dealkylation sites (tertiary alicyclic amines) is 1. The molecule has 0 unspecified atom stereocenters. The van der Waals surface area contributed by atoms with E-state index in [-0.39, 0.29) is 29.4 Å². The van der Waals surface area contributed by atoms with Gasteiger partial charge in [0.1, 0.15) is 0 Å². The Morgan fingerprint density at radius 1 is 0.911 bits per heavy atom. The van der Waals surface area contributed by atoms with Gasteiger partial charge in [-0.2, -0.15) is 9.40 Å². The number of aryl methyl sites for hydroxylation is 1. The Kier molecular flexibility index (Phi) is 11.3. The highest BCUT2D eigenvalue weighted by atomic mass is 32.2. The Hall–Kier alpha value is -2.80. The third-order valence-electron chi connectivity index (χ3n) is 9.68. The fraction of sp³-hybridized carbons (Fsp3) is 0.667. The molecule has 248 valence electrons. The molecule has 1 N–H and O–H groups in total. The van der Waals surface area contributed by atoms with Crippen LogP contribution in [0.3, 0.4) is 0 Å². The summed E-state index contributed by atoms with van der Waals surface area (Å²) in [6, 6.07) is 7.19. The topological polar surface area (TPSA) is 117 Å². The summed E-state index contributed by atoms with van der Waals surface area (Å²) in [4.78, 5) is 29.0. The van der Waals surface area contributed by atoms with Gasteiger partial charge in [-0.05, 0) is 76.6 Å². The van der Waals surface area contributed by atoms with Crippen LogP contribution in [0.15, 0.2) is 29.2 Å². The summed E-state index contributed by atoms with van der Waals surface area (Å²) in [6.45, 7) is 10.7. The largest absolute Gasteiger partial charge is 0.465 e. The summed E-state index contributed by atoms with van der Waals surface area (Å²) in [5, 5.41) is 8.11. The lowest BCUT2D eigenvalue weighted by atomic mass is 9.86. The number of piperidine rings is 1. The van der Waals surface area contributed by atoms with Gasteiger partial charge in [0.05, 0.1) is 29.4 Å². The first-order chi connectivity index (χ1) is 21.6. The molecule has 1 amide bonds. The number of rotatable bonds is 11. The van der Waals surface area contributed by atoms with Crippen LogP contribution in [0, 0.1) is 19.8 Å². The molecule has 0 radical (unpaired) electrons. The maximum absolute atomic E-state index is 13.3. The standard InChI is InChI=1S/C33H50N6O5S/c1-4-44-33(41)24-37-18-20-38(21-19-37)45(42,43)30-12-10-29(11-13-30)39-26(3)31(25(2)35-39)23-36-16-14-28(15-17-36)34-32(40)22-27-8-6-5-7-9-27/h10-13,27-28H,4-9,14-24H2,1-3H3,(H,34,40). The predicted octanol–water partition coefficient (Wildman–Crippen LogP) is 3.41. The molecule has 12 heteroatoms. The Bertz CT molecular complexity index is 1400. The monoisotopic (exact) mass is 642 g/mol. The average Bonchev–Trinajstić information content (AvgIpc) is 3.31. The van der Waals surface area contributed by atoms with E-state index in [2.05, 4.69) is 17.1 Å². The molecule has 0 bridgehead atoms. The maximum atomic E-state index is 13.3. The van der Waals surface area contributed by atoms with Crippen LogP contribution in [-0.4, -0.2) is 103 Å². The second-order valence-corrected chi connectivity index (χ2v) is 14.8. The fourth-order valence-electron chi connectivity index (χ4n) is 6.98. The number of hydrogen-bond acceptors (Lipinski definition) is 8. The number of esters is 1. The Morgan fingerprint density at radius 2 is 1.58 bits per heavy atom. The van der Waals surface area contributed by atoms with E-state index in [1.54, 1.807) is 19.1 Å². The van der Waals surface area contributed by atoms with E-state index in [9.17, 15) is 18.0 Å². The van der Waals surface area contributed by atoms with Crippen molar-refractivity contribution in [1.82, 2.24) is 29.2 Å². The summed E-state index contributed by atoms with van der Waals surface area (Å²) in [6.07, 6.45) is 8.82. The predicted molar refractivity (Wildman–Crippen MR) is 173 cm³/mol. The molecule has 1 aromatic heterocycles. The number of carbonyl (C=O) groups is 2. The highest BCUT2D eigenvalue weighted by Gasteiger charge is 2.30. The van der Waals surface area contributed by atoms with Crippen molar-refractivity contribution in [3.63, 3.8) is 0 Å². The summed E-state index contributed by atoms with van der Waals surface area (Å²) >= 11 is 0. The van der Waals surface area contributed by atoms with Crippen molar-refractivity contribution < 1.29 is 22.7 Å². The van der Waals surface area contributed by atoms with Gasteiger partial charge in [0.25, 0.3) is 0 Å². The van der Waals surface area contributed by atoms with Gasteiger partial charge < -0.3 is 10.1 Å². The van der Waals surface area contributed by atoms with Gasteiger partial charge in [-0.1, -0.05) is 19.3 Å². The lowest BCUT2D eigenvalue weighted by molar-refractivity contribution is -0.144. The third-order valence-corrected chi connectivity index (χ3v) is 11.6. The van der Waals surface area contributed by atoms with Gasteiger partial charge in [-0.3, -0.25) is 19.4 Å². The molecule has 3 fully saturated rings. The number of ether oxygens (including phenoxy) is 1. The van der Waals surface area contributed by atoms with E-state index in [4.69, 9.17) is 9.84 Å². The number of piperazine rings is 1. The second kappa shape index (κ2) is 15.2. The summed E-state index contributed by atoms with van der Waals surface area (Å²) in [5.74, 6) is 0.500. The minimum atomic E-state index is -3.65. The average molecular weight is 643 g/mol. The highest BCUT2D eigenvalue weighted by Crippen LogP contribution is 2.27. The van der Waals surface area contributed by atoms with Gasteiger partial charge >= 0.3 is 5.97 Å². The normalized spacial score (nSPS) is 19.9. The van der Waals surface area contributed by atoms with Crippen LogP contribution in [0.5, 0.6) is 0 Å². The van der Waals surface area contributed by atoms with Crippen molar-refractivity contribution in [2.75, 3.05) is 52.4 Å². The summed E-state index contributed by atoms with van der Waals surface area (Å²) in [7, 11) is -3.65. The van der Waals surface area contributed by atoms with E-state index >= 15 is 0 Å². The molecule has 3 aliphatic rings. The first-order valence-corrected chi connectivity index (χ1v) is 18.1. The molecule has 1 aliphatic carbocycles. The van der Waals surface area contributed by atoms with Crippen LogP contribution in [0.4, 0.5) is 0 Å². The highest BCUT2D eigenvalue weighted by molar-refractivity contribution is 7.89. The number of carbonyl (C=O) groups excluding carboxylic acids is 2. The quantitative estimate of drug-likeness (QED) is 0.371. The molecule has 0 spiro atoms. The molecule has 1 saturated carbocycles. The molecule has 2 saturated heterocycles. The first kappa shape index (κ1) is 33.6. The van der Waals surface area contributed by atoms with Crippen molar-refractivity contribution in [3.8, 4) is 5.69 Å². The van der Waals surface area contributed by atoms with Crippen LogP contribution < -0.4 is 5.32 Å². The summed E-state index contributed by atoms with van der Waals surface area (Å²) < 4.78 is 35.1. The van der Waals surface area contributed by atoms with Crippen LogP contribution in [0.25, 0.3) is 5.69 Å². The second-order valence-electron chi connectivity index (χ2n) is 12.9. The molecule has 0 atom stereocenters. The molecule has 3 heterocycles. The van der Waals surface area contributed by atoms with Crippen LogP contribution >= 0.6 is 0 Å². The Morgan fingerprint density at radius 3 is 2.22 bits per heavy atom. The van der Waals surface area contributed by atoms with E-state index < -0.39 is 10.0 Å². The Balaban J connectivity index is 1.13. The molecule has 2 aromatic rings. The van der Waals surface area contributed by atoms with Crippen LogP contribution in [0.2, 0.25) is 0 Å². The molecule has 45 heavy (non-hydrogen) atoms. The fourth-order valence-corrected chi connectivity index (χ4v) is 8.40. The zero-order valence-electron chi connectivity index (χ0n) is 27.2. The van der Waals surface area contributed by atoms with Crippen molar-refractivity contribution in [2.45, 2.75) is 89.6 Å². The molecule has 11 nitrogen and oxygen atoms in total. The van der Waals surface area contributed by atoms with E-state index in [1.165, 1.54) is 42.0 Å². The smallest absolute Gasteiger partial charge is 0.320 e. The summed E-state index contributed by atoms with van der Waals surface area (Å²) in [5.41, 5.74) is 4.02. The van der Waals surface area contributed by atoms with E-state index in [0.29, 0.717) is 45.1 Å². The minimum Gasteiger partial charge on any atom is -0.465 e. The number of benzene rings is 1. The number of nitrogens with one attached hydrogen (secondary N) is 1. The van der Waals surface area contributed by atoms with Gasteiger partial charge in [-0.25, -0.2) is 13.1 Å². The molecule has 5 rings (SSSR count). The number of sulfonamides is 1. The maximum Gasteiger partial charge on any atom is 0.320 e. The minimum absolute atomic E-state index is 0.178. The van der Waals surface area contributed by atoms with Crippen molar-refractivity contribution in [2.24, 2.45) is 5.92 Å². The van der Waals surface area contributed by atoms with Crippen molar-refractivity contribution in [1.29, 1.82) is 0 Å². The molecule has 1 aromatic carbocycles. The van der Waals surface area contributed by atoms with Crippen molar-refractivity contribution in [3.05, 3.63) is 41.2 Å². The number of amides is 1. The zero-order valence-corrected chi connectivity index (χ0v) is 28.0. The molecular weight excluding hydrogens is 592 g/mol. The lowest BCUT2D eigenvalue weighted by Gasteiger charge is -2.33. The van der Waals surface area contributed by atoms with E-state index in [1.807, 2.05) is 28.6 Å².